The van der Waals surface area contributed by atoms with Crippen LogP contribution in [0.1, 0.15) is 17.3 Å². The van der Waals surface area contributed by atoms with Crippen molar-refractivity contribution in [3.05, 3.63) is 35.9 Å². The van der Waals surface area contributed by atoms with Gasteiger partial charge < -0.3 is 14.2 Å². The number of amides is 2. The number of imide groups is 1. The zero-order chi connectivity index (χ0) is 16.5. The Labute approximate surface area is 127 Å². The molecule has 1 N–H and O–H groups in total. The minimum Gasteiger partial charge on any atom is -0.497 e. The van der Waals surface area contributed by atoms with Crippen molar-refractivity contribution in [3.8, 4) is 11.5 Å². The van der Waals surface area contributed by atoms with Crippen molar-refractivity contribution in [2.24, 2.45) is 0 Å². The minimum atomic E-state index is -0.736. The summed E-state index contributed by atoms with van der Waals surface area (Å²) in [5.41, 5.74) is 0.189. The standard InChI is InChI=1S/C15H17NO6/c1-4-22-14(18)6-5-13(17)16-15(19)10-7-11(20-2)9-12(8-10)21-3/h5-9H,4H2,1-3H3,(H,16,17,19)/b6-5+. The van der Waals surface area contributed by atoms with Crippen molar-refractivity contribution >= 4 is 17.8 Å². The molecule has 7 heteroatoms. The van der Waals surface area contributed by atoms with Gasteiger partial charge in [-0.2, -0.15) is 0 Å². The molecule has 0 spiro atoms. The zero-order valence-electron chi connectivity index (χ0n) is 12.5. The van der Waals surface area contributed by atoms with E-state index in [0.29, 0.717) is 11.5 Å². The van der Waals surface area contributed by atoms with Crippen LogP contribution in [0.2, 0.25) is 0 Å². The third-order valence-corrected chi connectivity index (χ3v) is 2.51. The number of rotatable bonds is 6. The normalized spacial score (nSPS) is 10.1. The minimum absolute atomic E-state index is 0.189. The van der Waals surface area contributed by atoms with Gasteiger partial charge in [0.25, 0.3) is 11.8 Å². The van der Waals surface area contributed by atoms with Crippen molar-refractivity contribution in [3.63, 3.8) is 0 Å². The van der Waals surface area contributed by atoms with Crippen LogP contribution >= 0.6 is 0 Å². The molecule has 0 aliphatic rings. The van der Waals surface area contributed by atoms with Crippen molar-refractivity contribution in [1.82, 2.24) is 5.32 Å². The maximum atomic E-state index is 12.0. The van der Waals surface area contributed by atoms with Gasteiger partial charge in [-0.15, -0.1) is 0 Å². The molecule has 22 heavy (non-hydrogen) atoms. The fraction of sp³-hybridized carbons (Fsp3) is 0.267. The van der Waals surface area contributed by atoms with Crippen LogP contribution < -0.4 is 14.8 Å². The summed E-state index contributed by atoms with van der Waals surface area (Å²) in [6, 6.07) is 4.51. The van der Waals surface area contributed by atoms with Gasteiger partial charge in [0.1, 0.15) is 11.5 Å². The summed E-state index contributed by atoms with van der Waals surface area (Å²) in [5.74, 6) is -1.21. The number of nitrogens with one attached hydrogen (secondary N) is 1. The lowest BCUT2D eigenvalue weighted by Gasteiger charge is -2.07. The number of methoxy groups -OCH3 is 2. The van der Waals surface area contributed by atoms with Gasteiger partial charge in [0.05, 0.1) is 20.8 Å². The quantitative estimate of drug-likeness (QED) is 0.624. The van der Waals surface area contributed by atoms with Gasteiger partial charge in [-0.05, 0) is 19.1 Å². The highest BCUT2D eigenvalue weighted by atomic mass is 16.5. The van der Waals surface area contributed by atoms with E-state index in [0.717, 1.165) is 12.2 Å². The summed E-state index contributed by atoms with van der Waals surface area (Å²) in [6.45, 7) is 1.85. The largest absolute Gasteiger partial charge is 0.497 e. The first-order chi connectivity index (χ1) is 10.5. The van der Waals surface area contributed by atoms with E-state index in [2.05, 4.69) is 10.1 Å². The first-order valence-electron chi connectivity index (χ1n) is 6.43. The average molecular weight is 307 g/mol. The van der Waals surface area contributed by atoms with E-state index >= 15 is 0 Å². The molecule has 1 rings (SSSR count). The maximum absolute atomic E-state index is 12.0. The van der Waals surface area contributed by atoms with E-state index in [9.17, 15) is 14.4 Å². The molecule has 0 aromatic heterocycles. The Bertz CT molecular complexity index is 571. The third kappa shape index (κ3) is 5.28. The molecule has 1 aromatic rings. The van der Waals surface area contributed by atoms with Crippen LogP contribution in [0.4, 0.5) is 0 Å². The molecule has 0 radical (unpaired) electrons. The van der Waals surface area contributed by atoms with Gasteiger partial charge in [-0.3, -0.25) is 14.9 Å². The van der Waals surface area contributed by atoms with Crippen molar-refractivity contribution < 1.29 is 28.6 Å². The van der Waals surface area contributed by atoms with E-state index in [-0.39, 0.29) is 12.2 Å². The Balaban J connectivity index is 2.76. The van der Waals surface area contributed by atoms with Crippen LogP contribution in [0.3, 0.4) is 0 Å². The molecule has 0 aliphatic carbocycles. The van der Waals surface area contributed by atoms with Gasteiger partial charge in [-0.25, -0.2) is 4.79 Å². The lowest BCUT2D eigenvalue weighted by Crippen LogP contribution is -2.29. The van der Waals surface area contributed by atoms with Crippen molar-refractivity contribution in [2.45, 2.75) is 6.92 Å². The molecular weight excluding hydrogens is 290 g/mol. The Kier molecular flexibility index (Phi) is 6.62. The van der Waals surface area contributed by atoms with Crippen molar-refractivity contribution in [2.75, 3.05) is 20.8 Å². The number of hydrogen-bond donors (Lipinski definition) is 1. The summed E-state index contributed by atoms with van der Waals surface area (Å²) in [6.07, 6.45) is 1.87. The number of carbonyl (C=O) groups excluding carboxylic acids is 3. The smallest absolute Gasteiger partial charge is 0.330 e. The van der Waals surface area contributed by atoms with E-state index in [1.807, 2.05) is 0 Å². The molecule has 0 saturated heterocycles. The molecule has 0 unspecified atom stereocenters. The summed E-state index contributed by atoms with van der Waals surface area (Å²) in [5, 5.41) is 2.11. The molecule has 0 heterocycles. The zero-order valence-corrected chi connectivity index (χ0v) is 12.5. The van der Waals surface area contributed by atoms with Crippen LogP contribution in [0, 0.1) is 0 Å². The molecule has 0 fully saturated rings. The van der Waals surface area contributed by atoms with Crippen molar-refractivity contribution in [1.29, 1.82) is 0 Å². The lowest BCUT2D eigenvalue weighted by atomic mass is 10.2. The monoisotopic (exact) mass is 307 g/mol. The fourth-order valence-electron chi connectivity index (χ4n) is 1.50. The van der Waals surface area contributed by atoms with Crippen LogP contribution in [0.15, 0.2) is 30.4 Å². The molecule has 118 valence electrons. The summed E-state index contributed by atoms with van der Waals surface area (Å²) < 4.78 is 14.7. The fourth-order valence-corrected chi connectivity index (χ4v) is 1.50. The molecule has 0 aliphatic heterocycles. The first kappa shape index (κ1) is 17.2. The highest BCUT2D eigenvalue weighted by molar-refractivity contribution is 6.09. The van der Waals surface area contributed by atoms with Gasteiger partial charge in [0.2, 0.25) is 0 Å². The Morgan fingerprint density at radius 2 is 1.64 bits per heavy atom. The maximum Gasteiger partial charge on any atom is 0.330 e. The molecule has 0 atom stereocenters. The predicted molar refractivity (Wildman–Crippen MR) is 77.8 cm³/mol. The topological polar surface area (TPSA) is 90.9 Å². The molecular formula is C15H17NO6. The van der Waals surface area contributed by atoms with Crippen LogP contribution in [-0.2, 0) is 14.3 Å². The second kappa shape index (κ2) is 8.46. The van der Waals surface area contributed by atoms with E-state index in [1.165, 1.54) is 26.4 Å². The number of benzene rings is 1. The number of hydrogen-bond acceptors (Lipinski definition) is 6. The van der Waals surface area contributed by atoms with Gasteiger partial charge in [0.15, 0.2) is 0 Å². The second-order valence-electron chi connectivity index (χ2n) is 4.01. The Morgan fingerprint density at radius 3 is 2.14 bits per heavy atom. The Morgan fingerprint density at radius 1 is 1.05 bits per heavy atom. The van der Waals surface area contributed by atoms with Gasteiger partial charge >= 0.3 is 5.97 Å². The molecule has 7 nitrogen and oxygen atoms in total. The van der Waals surface area contributed by atoms with E-state index in [1.54, 1.807) is 13.0 Å². The van der Waals surface area contributed by atoms with Gasteiger partial charge in [0, 0.05) is 23.8 Å². The second-order valence-corrected chi connectivity index (χ2v) is 4.01. The number of esters is 1. The Hall–Kier alpha value is -2.83. The van der Waals surface area contributed by atoms with E-state index in [4.69, 9.17) is 9.47 Å². The first-order valence-corrected chi connectivity index (χ1v) is 6.43. The number of carbonyl (C=O) groups is 3. The molecule has 2 amide bonds. The van der Waals surface area contributed by atoms with Crippen LogP contribution in [-0.4, -0.2) is 38.6 Å². The SMILES string of the molecule is CCOC(=O)/C=C/C(=O)NC(=O)c1cc(OC)cc(OC)c1. The summed E-state index contributed by atoms with van der Waals surface area (Å²) in [4.78, 5) is 34.6. The predicted octanol–water partition coefficient (Wildman–Crippen LogP) is 1.08. The molecule has 0 saturated carbocycles. The highest BCUT2D eigenvalue weighted by Crippen LogP contribution is 2.22. The highest BCUT2D eigenvalue weighted by Gasteiger charge is 2.12. The van der Waals surface area contributed by atoms with E-state index < -0.39 is 17.8 Å². The van der Waals surface area contributed by atoms with Crippen LogP contribution in [0.25, 0.3) is 0 Å². The summed E-state index contributed by atoms with van der Waals surface area (Å²) in [7, 11) is 2.90. The summed E-state index contributed by atoms with van der Waals surface area (Å²) >= 11 is 0. The third-order valence-electron chi connectivity index (χ3n) is 2.51. The average Bonchev–Trinajstić information content (AvgIpc) is 2.52. The number of ether oxygens (including phenoxy) is 3. The van der Waals surface area contributed by atoms with Crippen LogP contribution in [0.5, 0.6) is 11.5 Å². The molecule has 1 aromatic carbocycles. The molecule has 0 bridgehead atoms. The lowest BCUT2D eigenvalue weighted by molar-refractivity contribution is -0.137. The van der Waals surface area contributed by atoms with Gasteiger partial charge in [-0.1, -0.05) is 0 Å².